The molecule has 5 N–H and O–H groups in total. The highest BCUT2D eigenvalue weighted by Gasteiger charge is 1.87. The van der Waals surface area contributed by atoms with Crippen molar-refractivity contribution in [1.82, 2.24) is 0 Å². The van der Waals surface area contributed by atoms with Crippen molar-refractivity contribution in [3.8, 4) is 0 Å². The second-order valence-corrected chi connectivity index (χ2v) is 2.95. The van der Waals surface area contributed by atoms with E-state index in [9.17, 15) is 0 Å². The fourth-order valence-electron chi connectivity index (χ4n) is 0.645. The van der Waals surface area contributed by atoms with Gasteiger partial charge in [-0.25, -0.2) is 0 Å². The van der Waals surface area contributed by atoms with Gasteiger partial charge in [-0.15, -0.1) is 12.6 Å². The number of benzene rings is 1. The van der Waals surface area contributed by atoms with Gasteiger partial charge in [-0.3, -0.25) is 11.7 Å². The van der Waals surface area contributed by atoms with Crippen molar-refractivity contribution in [3.05, 3.63) is 30.3 Å². The maximum atomic E-state index is 4.73. The minimum Gasteiger partial charge on any atom is -0.341 e. The molecule has 0 spiro atoms. The lowest BCUT2D eigenvalue weighted by Gasteiger charge is -2.00. The molecule has 1 aromatic carbocycles. The number of hydrogen-bond donors (Lipinski definition) is 4. The molecule has 0 fully saturated rings. The zero-order valence-corrected chi connectivity index (χ0v) is 8.11. The van der Waals surface area contributed by atoms with Crippen LogP contribution in [0.2, 0.25) is 0 Å². The molecule has 0 amide bonds. The summed E-state index contributed by atoms with van der Waals surface area (Å²) < 4.78 is 0.492. The number of hydrogen-bond acceptors (Lipinski definition) is 3. The van der Waals surface area contributed by atoms with E-state index in [4.69, 9.17) is 12.2 Å². The molecule has 1 aromatic rings. The molecule has 0 saturated heterocycles. The van der Waals surface area contributed by atoms with Gasteiger partial charge in [-0.2, -0.15) is 0 Å². The summed E-state index contributed by atoms with van der Waals surface area (Å²) >= 11 is 8.66. The van der Waals surface area contributed by atoms with Crippen LogP contribution < -0.4 is 17.0 Å². The van der Waals surface area contributed by atoms with Gasteiger partial charge in [0.05, 0.1) is 0 Å². The van der Waals surface area contributed by atoms with E-state index >= 15 is 0 Å². The van der Waals surface area contributed by atoms with Gasteiger partial charge in [0.15, 0.2) is 0 Å². The number of anilines is 1. The van der Waals surface area contributed by atoms with Crippen molar-refractivity contribution >= 4 is 34.9 Å². The maximum Gasteiger partial charge on any atom is 0.135 e. The van der Waals surface area contributed by atoms with E-state index in [1.165, 1.54) is 0 Å². The predicted molar refractivity (Wildman–Crippen MR) is 60.0 cm³/mol. The molecule has 0 atom stereocenters. The Kier molecular flexibility index (Phi) is 6.69. The summed E-state index contributed by atoms with van der Waals surface area (Å²) in [5.74, 6) is 8.00. The second kappa shape index (κ2) is 7.05. The largest absolute Gasteiger partial charge is 0.341 e. The first-order chi connectivity index (χ1) is 5.79. The molecule has 66 valence electrons. The summed E-state index contributed by atoms with van der Waals surface area (Å²) in [5, 5.41) is 2.90. The van der Waals surface area contributed by atoms with Crippen LogP contribution in [0.25, 0.3) is 0 Å². The van der Waals surface area contributed by atoms with E-state index in [2.05, 4.69) is 29.6 Å². The van der Waals surface area contributed by atoms with Crippen molar-refractivity contribution in [2.24, 2.45) is 11.7 Å². The van der Waals surface area contributed by atoms with Crippen LogP contribution in [-0.2, 0) is 0 Å². The normalized spacial score (nSPS) is 7.92. The molecule has 12 heavy (non-hydrogen) atoms. The van der Waals surface area contributed by atoms with Gasteiger partial charge in [-0.1, -0.05) is 30.4 Å². The second-order valence-electron chi connectivity index (χ2n) is 1.80. The number of nitrogens with two attached hydrogens (primary N) is 2. The summed E-state index contributed by atoms with van der Waals surface area (Å²) in [5.41, 5.74) is 0.975. The van der Waals surface area contributed by atoms with Crippen LogP contribution in [0.1, 0.15) is 0 Å². The van der Waals surface area contributed by atoms with E-state index in [0.29, 0.717) is 4.32 Å². The molecule has 0 saturated carbocycles. The molecule has 0 unspecified atom stereocenters. The van der Waals surface area contributed by atoms with Crippen molar-refractivity contribution in [2.45, 2.75) is 0 Å². The van der Waals surface area contributed by atoms with Crippen molar-refractivity contribution in [3.63, 3.8) is 0 Å². The van der Waals surface area contributed by atoms with Crippen molar-refractivity contribution in [2.75, 3.05) is 5.32 Å². The summed E-state index contributed by atoms with van der Waals surface area (Å²) in [6.45, 7) is 0. The summed E-state index contributed by atoms with van der Waals surface area (Å²) in [4.78, 5) is 0. The number of para-hydroxylation sites is 1. The highest BCUT2D eigenvalue weighted by Crippen LogP contribution is 2.05. The summed E-state index contributed by atoms with van der Waals surface area (Å²) in [7, 11) is 0. The Balaban J connectivity index is 0.000000561. The lowest BCUT2D eigenvalue weighted by atomic mass is 10.3. The molecule has 5 heteroatoms. The van der Waals surface area contributed by atoms with Gasteiger partial charge in [0, 0.05) is 5.69 Å². The quantitative estimate of drug-likeness (QED) is 0.238. The Labute approximate surface area is 82.5 Å². The fourth-order valence-corrected chi connectivity index (χ4v) is 0.892. The van der Waals surface area contributed by atoms with Gasteiger partial charge >= 0.3 is 0 Å². The zero-order chi connectivity index (χ0) is 9.40. The van der Waals surface area contributed by atoms with Crippen LogP contribution in [0.3, 0.4) is 0 Å². The van der Waals surface area contributed by atoms with Crippen LogP contribution in [0.4, 0.5) is 5.69 Å². The molecular weight excluding hydrogens is 190 g/mol. The van der Waals surface area contributed by atoms with Crippen molar-refractivity contribution in [1.29, 1.82) is 0 Å². The molecule has 0 aliphatic rings. The number of thiocarbonyl (C=S) groups is 1. The van der Waals surface area contributed by atoms with Crippen molar-refractivity contribution < 1.29 is 0 Å². The van der Waals surface area contributed by atoms with Crippen LogP contribution >= 0.6 is 24.8 Å². The Bertz CT molecular complexity index is 225. The van der Waals surface area contributed by atoms with E-state index in [1.54, 1.807) is 0 Å². The predicted octanol–water partition coefficient (Wildman–Crippen LogP) is 1.13. The number of rotatable bonds is 1. The van der Waals surface area contributed by atoms with E-state index < -0.39 is 0 Å². The standard InChI is InChI=1S/C7H7NS2.H4N2/c9-7(10)8-6-4-2-1-3-5-6;1-2/h1-5H,(H2,8,9,10);1-2H2. The first kappa shape index (κ1) is 11.4. The maximum absolute atomic E-state index is 4.73. The third-order valence-electron chi connectivity index (χ3n) is 1.03. The highest BCUT2D eigenvalue weighted by molar-refractivity contribution is 8.11. The van der Waals surface area contributed by atoms with Gasteiger partial charge in [0.2, 0.25) is 0 Å². The Hall–Kier alpha value is -0.620. The van der Waals surface area contributed by atoms with Gasteiger partial charge in [-0.05, 0) is 12.1 Å². The average molecular weight is 201 g/mol. The number of hydrazine groups is 1. The fraction of sp³-hybridized carbons (Fsp3) is 0. The molecule has 0 bridgehead atoms. The van der Waals surface area contributed by atoms with Crippen LogP contribution in [0.5, 0.6) is 0 Å². The molecule has 0 aliphatic carbocycles. The molecule has 0 aliphatic heterocycles. The SMILES string of the molecule is NN.S=C(S)Nc1ccccc1. The lowest BCUT2D eigenvalue weighted by molar-refractivity contribution is 1.26. The van der Waals surface area contributed by atoms with Crippen LogP contribution in [0, 0.1) is 0 Å². The highest BCUT2D eigenvalue weighted by atomic mass is 32.1. The first-order valence-electron chi connectivity index (χ1n) is 3.17. The zero-order valence-electron chi connectivity index (χ0n) is 6.40. The van der Waals surface area contributed by atoms with E-state index in [1.807, 2.05) is 30.3 Å². The monoisotopic (exact) mass is 201 g/mol. The molecule has 0 aromatic heterocycles. The Morgan fingerprint density at radius 2 is 1.75 bits per heavy atom. The van der Waals surface area contributed by atoms with Crippen LogP contribution in [0.15, 0.2) is 30.3 Å². The molecule has 0 radical (unpaired) electrons. The topological polar surface area (TPSA) is 64.1 Å². The summed E-state index contributed by atoms with van der Waals surface area (Å²) in [6.07, 6.45) is 0. The third kappa shape index (κ3) is 5.09. The van der Waals surface area contributed by atoms with E-state index in [-0.39, 0.29) is 0 Å². The lowest BCUT2D eigenvalue weighted by Crippen LogP contribution is -2.02. The molecule has 1 rings (SSSR count). The number of thiol groups is 1. The molecule has 0 heterocycles. The Morgan fingerprint density at radius 3 is 2.17 bits per heavy atom. The van der Waals surface area contributed by atoms with E-state index in [0.717, 1.165) is 5.69 Å². The Morgan fingerprint density at radius 1 is 1.25 bits per heavy atom. The first-order valence-corrected chi connectivity index (χ1v) is 4.03. The van der Waals surface area contributed by atoms with Gasteiger partial charge < -0.3 is 5.32 Å². The minimum absolute atomic E-state index is 0.492. The third-order valence-corrected chi connectivity index (χ3v) is 1.24. The van der Waals surface area contributed by atoms with Gasteiger partial charge in [0.25, 0.3) is 0 Å². The van der Waals surface area contributed by atoms with Gasteiger partial charge in [0.1, 0.15) is 4.32 Å². The van der Waals surface area contributed by atoms with Crippen LogP contribution in [-0.4, -0.2) is 4.32 Å². The summed E-state index contributed by atoms with van der Waals surface area (Å²) in [6, 6.07) is 9.69. The minimum atomic E-state index is 0.492. The molecule has 3 nitrogen and oxygen atoms in total. The number of nitrogens with one attached hydrogen (secondary N) is 1. The molecular formula is C7H11N3S2. The smallest absolute Gasteiger partial charge is 0.135 e. The average Bonchev–Trinajstić information content (AvgIpc) is 2.08.